The zero-order valence-electron chi connectivity index (χ0n) is 18.4. The van der Waals surface area contributed by atoms with Gasteiger partial charge in [-0.1, -0.05) is 11.2 Å². The van der Waals surface area contributed by atoms with Crippen LogP contribution in [0.5, 0.6) is 0 Å². The molecule has 3 aromatic rings. The number of hydrogen-bond donors (Lipinski definition) is 2. The summed E-state index contributed by atoms with van der Waals surface area (Å²) in [5.41, 5.74) is 7.81. The second kappa shape index (κ2) is 9.03. The number of piperidine rings is 1. The molecule has 2 amide bonds. The Hall–Kier alpha value is -3.11. The summed E-state index contributed by atoms with van der Waals surface area (Å²) in [6, 6.07) is 5.26. The maximum absolute atomic E-state index is 13.0. The number of anilines is 1. The second-order valence-corrected chi connectivity index (χ2v) is 9.68. The molecule has 172 valence electrons. The summed E-state index contributed by atoms with van der Waals surface area (Å²) in [5.74, 6) is 0.678. The van der Waals surface area contributed by atoms with Crippen LogP contribution in [0.25, 0.3) is 11.5 Å². The molecule has 9 nitrogen and oxygen atoms in total. The van der Waals surface area contributed by atoms with Gasteiger partial charge >= 0.3 is 0 Å². The third kappa shape index (κ3) is 4.28. The largest absolute Gasteiger partial charge is 0.365 e. The molecular formula is C23H26N6O3S. The number of nitrogens with one attached hydrogen (secondary N) is 1. The van der Waals surface area contributed by atoms with Gasteiger partial charge in [0.1, 0.15) is 10.7 Å². The van der Waals surface area contributed by atoms with Gasteiger partial charge in [-0.05, 0) is 69.8 Å². The average Bonchev–Trinajstić information content (AvgIpc) is 3.55. The Morgan fingerprint density at radius 3 is 2.82 bits per heavy atom. The summed E-state index contributed by atoms with van der Waals surface area (Å²) in [4.78, 5) is 37.1. The van der Waals surface area contributed by atoms with Crippen LogP contribution in [0, 0.1) is 0 Å². The number of carbonyl (C=O) groups is 2. The molecule has 0 aromatic carbocycles. The minimum Gasteiger partial charge on any atom is -0.365 e. The summed E-state index contributed by atoms with van der Waals surface area (Å²) in [5, 5.41) is 7.63. The fraction of sp³-hybridized carbons (Fsp3) is 0.435. The van der Waals surface area contributed by atoms with E-state index >= 15 is 0 Å². The van der Waals surface area contributed by atoms with Crippen molar-refractivity contribution in [1.29, 1.82) is 0 Å². The first-order valence-electron chi connectivity index (χ1n) is 11.3. The highest BCUT2D eigenvalue weighted by Gasteiger charge is 2.32. The zero-order chi connectivity index (χ0) is 22.9. The van der Waals surface area contributed by atoms with Crippen molar-refractivity contribution in [2.75, 3.05) is 18.4 Å². The van der Waals surface area contributed by atoms with Gasteiger partial charge in [0.2, 0.25) is 17.6 Å². The summed E-state index contributed by atoms with van der Waals surface area (Å²) < 4.78 is 5.50. The highest BCUT2D eigenvalue weighted by Crippen LogP contribution is 2.39. The number of nitrogens with two attached hydrogens (primary N) is 1. The van der Waals surface area contributed by atoms with Gasteiger partial charge in [0.15, 0.2) is 0 Å². The Morgan fingerprint density at radius 1 is 1.27 bits per heavy atom. The van der Waals surface area contributed by atoms with Crippen molar-refractivity contribution in [2.24, 2.45) is 5.73 Å². The molecule has 33 heavy (non-hydrogen) atoms. The Kier molecular flexibility index (Phi) is 5.94. The molecule has 1 fully saturated rings. The van der Waals surface area contributed by atoms with Crippen LogP contribution < -0.4 is 11.1 Å². The third-order valence-corrected chi connectivity index (χ3v) is 7.75. The molecule has 4 heterocycles. The van der Waals surface area contributed by atoms with Crippen LogP contribution in [-0.4, -0.2) is 51.0 Å². The topological polar surface area (TPSA) is 127 Å². The minimum atomic E-state index is -0.470. The number of carbonyl (C=O) groups excluding carboxylic acids is 2. The van der Waals surface area contributed by atoms with Crippen molar-refractivity contribution in [3.05, 3.63) is 46.3 Å². The number of fused-ring (bicyclic) bond motifs is 1. The van der Waals surface area contributed by atoms with Crippen molar-refractivity contribution >= 4 is 28.2 Å². The van der Waals surface area contributed by atoms with Gasteiger partial charge in [0.25, 0.3) is 5.91 Å². The number of rotatable bonds is 6. The summed E-state index contributed by atoms with van der Waals surface area (Å²) >= 11 is 1.48. The molecule has 1 saturated heterocycles. The van der Waals surface area contributed by atoms with Crippen molar-refractivity contribution in [1.82, 2.24) is 20.0 Å². The van der Waals surface area contributed by atoms with E-state index in [1.807, 2.05) is 25.1 Å². The van der Waals surface area contributed by atoms with Crippen molar-refractivity contribution in [3.8, 4) is 11.5 Å². The molecule has 3 N–H and O–H groups in total. The van der Waals surface area contributed by atoms with Crippen LogP contribution in [0.1, 0.15) is 58.8 Å². The van der Waals surface area contributed by atoms with E-state index in [0.29, 0.717) is 28.0 Å². The van der Waals surface area contributed by atoms with Gasteiger partial charge in [-0.15, -0.1) is 11.3 Å². The zero-order valence-corrected chi connectivity index (χ0v) is 19.2. The molecule has 2 aliphatic rings. The summed E-state index contributed by atoms with van der Waals surface area (Å²) in [6.07, 6.45) is 6.16. The van der Waals surface area contributed by atoms with Crippen molar-refractivity contribution in [3.63, 3.8) is 0 Å². The molecule has 5 rings (SSSR count). The van der Waals surface area contributed by atoms with E-state index in [1.165, 1.54) is 11.3 Å². The fourth-order valence-corrected chi connectivity index (χ4v) is 5.97. The highest BCUT2D eigenvalue weighted by atomic mass is 32.1. The number of aromatic nitrogens is 3. The van der Waals surface area contributed by atoms with Crippen LogP contribution in [0.3, 0.4) is 0 Å². The standard InChI is InChI=1S/C23H26N6O3S/c1-13(21(31)27-23-18(19(24)30)15-5-4-7-17(15)33-23)29-11-8-14(9-12-29)22-26-20(28-32-22)16-6-2-3-10-25-16/h2-3,6,10,13-14H,4-5,7-9,11-12H2,1H3,(H2,24,30)(H,27,31). The van der Waals surface area contributed by atoms with E-state index in [2.05, 4.69) is 25.3 Å². The Labute approximate surface area is 195 Å². The van der Waals surface area contributed by atoms with Gasteiger partial charge in [-0.25, -0.2) is 0 Å². The Balaban J connectivity index is 1.20. The lowest BCUT2D eigenvalue weighted by Gasteiger charge is -2.34. The van der Waals surface area contributed by atoms with Crippen molar-refractivity contribution in [2.45, 2.75) is 51.0 Å². The second-order valence-electron chi connectivity index (χ2n) is 8.57. The third-order valence-electron chi connectivity index (χ3n) is 6.55. The Morgan fingerprint density at radius 2 is 2.09 bits per heavy atom. The molecule has 0 spiro atoms. The maximum atomic E-state index is 13.0. The van der Waals surface area contributed by atoms with Crippen LogP contribution >= 0.6 is 11.3 Å². The smallest absolute Gasteiger partial charge is 0.251 e. The van der Waals surface area contributed by atoms with Crippen LogP contribution in [-0.2, 0) is 17.6 Å². The van der Waals surface area contributed by atoms with Gasteiger partial charge < -0.3 is 15.6 Å². The average molecular weight is 467 g/mol. The van der Waals surface area contributed by atoms with Gasteiger partial charge in [0, 0.05) is 17.0 Å². The predicted molar refractivity (Wildman–Crippen MR) is 124 cm³/mol. The SMILES string of the molecule is CC(C(=O)Nc1sc2c(c1C(N)=O)CCC2)N1CCC(c2nc(-c3ccccn3)no2)CC1. The van der Waals surface area contributed by atoms with Gasteiger partial charge in [0.05, 0.1) is 11.6 Å². The summed E-state index contributed by atoms with van der Waals surface area (Å²) in [6.45, 7) is 3.38. The Bertz CT molecular complexity index is 1170. The van der Waals surface area contributed by atoms with Gasteiger partial charge in [-0.3, -0.25) is 19.5 Å². The minimum absolute atomic E-state index is 0.119. The number of primary amides is 1. The molecule has 0 radical (unpaired) electrons. The number of nitrogens with zero attached hydrogens (tertiary/aromatic N) is 4. The lowest BCUT2D eigenvalue weighted by atomic mass is 9.95. The maximum Gasteiger partial charge on any atom is 0.251 e. The van der Waals surface area contributed by atoms with E-state index in [9.17, 15) is 9.59 Å². The molecular weight excluding hydrogens is 440 g/mol. The molecule has 1 aliphatic carbocycles. The van der Waals surface area contributed by atoms with E-state index in [1.54, 1.807) is 6.20 Å². The molecule has 0 saturated carbocycles. The molecule has 3 aromatic heterocycles. The monoisotopic (exact) mass is 466 g/mol. The normalized spacial score (nSPS) is 17.6. The van der Waals surface area contributed by atoms with E-state index in [4.69, 9.17) is 10.3 Å². The lowest BCUT2D eigenvalue weighted by Crippen LogP contribution is -2.45. The molecule has 0 bridgehead atoms. The van der Waals surface area contributed by atoms with Crippen LogP contribution in [0.2, 0.25) is 0 Å². The number of hydrogen-bond acceptors (Lipinski definition) is 8. The highest BCUT2D eigenvalue weighted by molar-refractivity contribution is 7.17. The molecule has 1 aliphatic heterocycles. The number of thiophene rings is 1. The van der Waals surface area contributed by atoms with Crippen molar-refractivity contribution < 1.29 is 14.1 Å². The number of likely N-dealkylation sites (tertiary alicyclic amines) is 1. The lowest BCUT2D eigenvalue weighted by molar-refractivity contribution is -0.121. The number of amides is 2. The van der Waals surface area contributed by atoms with Crippen LogP contribution in [0.15, 0.2) is 28.9 Å². The van der Waals surface area contributed by atoms with Gasteiger partial charge in [-0.2, -0.15) is 4.98 Å². The number of aryl methyl sites for hydroxylation is 1. The first kappa shape index (κ1) is 21.7. The predicted octanol–water partition coefficient (Wildman–Crippen LogP) is 2.99. The van der Waals surface area contributed by atoms with Crippen LogP contribution in [0.4, 0.5) is 5.00 Å². The number of pyridine rings is 1. The molecule has 10 heteroatoms. The van der Waals surface area contributed by atoms with E-state index in [-0.39, 0.29) is 17.9 Å². The first-order chi connectivity index (χ1) is 16.0. The fourth-order valence-electron chi connectivity index (χ4n) is 4.67. The summed E-state index contributed by atoms with van der Waals surface area (Å²) in [7, 11) is 0. The van der Waals surface area contributed by atoms with E-state index < -0.39 is 5.91 Å². The molecule has 1 atom stereocenters. The van der Waals surface area contributed by atoms with E-state index in [0.717, 1.165) is 55.6 Å². The quantitative estimate of drug-likeness (QED) is 0.572. The first-order valence-corrected chi connectivity index (χ1v) is 12.1. The molecule has 1 unspecified atom stereocenters.